The minimum atomic E-state index is -1.02. The fraction of sp³-hybridized carbons (Fsp3) is 0.400. The minimum Gasteiger partial charge on any atom is -0.472 e. The summed E-state index contributed by atoms with van der Waals surface area (Å²) in [7, 11) is -1.02. The molecule has 0 bridgehead atoms. The van der Waals surface area contributed by atoms with E-state index in [9.17, 15) is 4.39 Å². The van der Waals surface area contributed by atoms with Crippen LogP contribution in [0.5, 0.6) is 0 Å². The molecule has 0 atom stereocenters. The molecule has 2 aromatic rings. The van der Waals surface area contributed by atoms with Gasteiger partial charge in [0.05, 0.1) is 35.6 Å². The molecular formula is C15H18BFN2O3. The first kappa shape index (κ1) is 15.1. The first-order valence-corrected chi connectivity index (χ1v) is 7.09. The van der Waals surface area contributed by atoms with Crippen molar-refractivity contribution in [1.82, 2.24) is 10.2 Å². The monoisotopic (exact) mass is 304 g/mol. The summed E-state index contributed by atoms with van der Waals surface area (Å²) in [6.07, 6.45) is 6.03. The van der Waals surface area contributed by atoms with E-state index in [1.165, 1.54) is 6.08 Å². The summed E-state index contributed by atoms with van der Waals surface area (Å²) in [5.74, 6) is 0. The predicted octanol–water partition coefficient (Wildman–Crippen LogP) is 3.61. The zero-order chi connectivity index (χ0) is 16.0. The Kier molecular flexibility index (Phi) is 3.49. The lowest BCUT2D eigenvalue weighted by molar-refractivity contribution is 0.00578. The summed E-state index contributed by atoms with van der Waals surface area (Å²) in [6.45, 7) is 7.54. The van der Waals surface area contributed by atoms with E-state index in [0.717, 1.165) is 5.56 Å². The van der Waals surface area contributed by atoms with Gasteiger partial charge in [0.25, 0.3) is 0 Å². The van der Waals surface area contributed by atoms with Gasteiger partial charge < -0.3 is 13.7 Å². The molecule has 1 N–H and O–H groups in total. The lowest BCUT2D eigenvalue weighted by Gasteiger charge is -2.32. The molecule has 0 unspecified atom stereocenters. The Hall–Kier alpha value is -1.86. The molecule has 0 radical (unpaired) electrons. The van der Waals surface area contributed by atoms with Gasteiger partial charge in [0.2, 0.25) is 0 Å². The van der Waals surface area contributed by atoms with Gasteiger partial charge in [-0.2, -0.15) is 5.10 Å². The van der Waals surface area contributed by atoms with Crippen LogP contribution in [0, 0.1) is 0 Å². The van der Waals surface area contributed by atoms with Crippen molar-refractivity contribution < 1.29 is 18.1 Å². The molecular weight excluding hydrogens is 286 g/mol. The highest BCUT2D eigenvalue weighted by atomic mass is 19.1. The number of furan rings is 1. The number of hydrogen-bond acceptors (Lipinski definition) is 4. The molecule has 1 aliphatic heterocycles. The molecule has 3 heterocycles. The summed E-state index contributed by atoms with van der Waals surface area (Å²) in [5.41, 5.74) is 0.434. The fourth-order valence-electron chi connectivity index (χ4n) is 2.22. The van der Waals surface area contributed by atoms with E-state index < -0.39 is 24.0 Å². The molecule has 0 aromatic carbocycles. The van der Waals surface area contributed by atoms with Crippen LogP contribution in [-0.2, 0) is 9.31 Å². The van der Waals surface area contributed by atoms with Crippen LogP contribution < -0.4 is 0 Å². The zero-order valence-corrected chi connectivity index (χ0v) is 13.0. The molecule has 0 amide bonds. The van der Waals surface area contributed by atoms with Gasteiger partial charge in [-0.1, -0.05) is 0 Å². The highest BCUT2D eigenvalue weighted by Gasteiger charge is 2.53. The zero-order valence-electron chi connectivity index (χ0n) is 13.0. The van der Waals surface area contributed by atoms with E-state index in [1.54, 1.807) is 24.8 Å². The average Bonchev–Trinajstić information content (AvgIpc) is 3.09. The number of nitrogens with one attached hydrogen (secondary N) is 1. The van der Waals surface area contributed by atoms with E-state index in [2.05, 4.69) is 10.2 Å². The summed E-state index contributed by atoms with van der Waals surface area (Å²) in [6, 6.07) is 1.78. The van der Waals surface area contributed by atoms with Crippen LogP contribution in [0.2, 0.25) is 0 Å². The molecule has 1 saturated heterocycles. The van der Waals surface area contributed by atoms with Crippen molar-refractivity contribution in [3.8, 4) is 11.3 Å². The van der Waals surface area contributed by atoms with E-state index in [4.69, 9.17) is 13.7 Å². The number of hydrogen-bond donors (Lipinski definition) is 1. The fourth-order valence-corrected chi connectivity index (χ4v) is 2.22. The van der Waals surface area contributed by atoms with Crippen LogP contribution in [0.1, 0.15) is 33.3 Å². The van der Waals surface area contributed by atoms with Crippen molar-refractivity contribution in [2.24, 2.45) is 0 Å². The van der Waals surface area contributed by atoms with E-state index in [0.29, 0.717) is 11.3 Å². The van der Waals surface area contributed by atoms with Gasteiger partial charge >= 0.3 is 7.12 Å². The lowest BCUT2D eigenvalue weighted by atomic mass is 9.86. The number of aromatic amines is 1. The second-order valence-electron chi connectivity index (χ2n) is 6.33. The first-order valence-electron chi connectivity index (χ1n) is 7.09. The molecule has 1 fully saturated rings. The summed E-state index contributed by atoms with van der Waals surface area (Å²) in [5, 5.41) is 6.79. The second-order valence-corrected chi connectivity index (χ2v) is 6.33. The molecule has 116 valence electrons. The van der Waals surface area contributed by atoms with Crippen molar-refractivity contribution in [2.75, 3.05) is 0 Å². The van der Waals surface area contributed by atoms with Crippen molar-refractivity contribution in [3.05, 3.63) is 36.1 Å². The van der Waals surface area contributed by atoms with Gasteiger partial charge in [0, 0.05) is 11.1 Å². The van der Waals surface area contributed by atoms with Gasteiger partial charge in [-0.25, -0.2) is 4.39 Å². The summed E-state index contributed by atoms with van der Waals surface area (Å²) in [4.78, 5) is 0. The summed E-state index contributed by atoms with van der Waals surface area (Å²) < 4.78 is 30.9. The number of aromatic nitrogens is 2. The third-order valence-corrected chi connectivity index (χ3v) is 4.25. The first-order chi connectivity index (χ1) is 10.3. The number of H-pyrrole nitrogens is 1. The van der Waals surface area contributed by atoms with Crippen molar-refractivity contribution in [3.63, 3.8) is 0 Å². The molecule has 1 aliphatic rings. The largest absolute Gasteiger partial charge is 0.525 e. The topological polar surface area (TPSA) is 60.3 Å². The second kappa shape index (κ2) is 5.10. The molecule has 0 aliphatic carbocycles. The smallest absolute Gasteiger partial charge is 0.472 e. The van der Waals surface area contributed by atoms with Crippen LogP contribution >= 0.6 is 0 Å². The molecule has 22 heavy (non-hydrogen) atoms. The maximum atomic E-state index is 14.5. The molecule has 5 nitrogen and oxygen atoms in total. The van der Waals surface area contributed by atoms with Crippen molar-refractivity contribution >= 4 is 13.2 Å². The Bertz CT molecular complexity index is 675. The minimum absolute atomic E-state index is 0.496. The maximum Gasteiger partial charge on any atom is 0.525 e. The van der Waals surface area contributed by atoms with Crippen LogP contribution in [0.15, 0.2) is 34.9 Å². The Morgan fingerprint density at radius 1 is 1.27 bits per heavy atom. The molecule has 7 heteroatoms. The molecule has 2 aromatic heterocycles. The van der Waals surface area contributed by atoms with Gasteiger partial charge in [0.15, 0.2) is 0 Å². The third-order valence-electron chi connectivity index (χ3n) is 4.25. The number of rotatable bonds is 3. The van der Waals surface area contributed by atoms with E-state index >= 15 is 0 Å². The Morgan fingerprint density at radius 3 is 2.55 bits per heavy atom. The average molecular weight is 304 g/mol. The Morgan fingerprint density at radius 2 is 1.95 bits per heavy atom. The third kappa shape index (κ3) is 2.50. The highest BCUT2D eigenvalue weighted by Crippen LogP contribution is 2.39. The van der Waals surface area contributed by atoms with Crippen LogP contribution in [0.4, 0.5) is 4.39 Å². The van der Waals surface area contributed by atoms with Crippen LogP contribution in [0.25, 0.3) is 17.3 Å². The van der Waals surface area contributed by atoms with Gasteiger partial charge in [-0.05, 0) is 39.8 Å². The van der Waals surface area contributed by atoms with Gasteiger partial charge in [0.1, 0.15) is 5.73 Å². The molecule has 0 spiro atoms. The number of halogens is 1. The van der Waals surface area contributed by atoms with Gasteiger partial charge in [-0.15, -0.1) is 0 Å². The van der Waals surface area contributed by atoms with Crippen molar-refractivity contribution in [2.45, 2.75) is 38.9 Å². The Labute approximate surface area is 128 Å². The van der Waals surface area contributed by atoms with Gasteiger partial charge in [-0.3, -0.25) is 5.10 Å². The predicted molar refractivity (Wildman–Crippen MR) is 81.5 cm³/mol. The standard InChI is InChI=1S/C15H18BFN2O3/c1-14(2)15(3,4)22-16(21-14)12(17)7-11-8-18-19-13(11)10-5-6-20-9-10/h5-9H,1-4H3,(H,18,19). The SMILES string of the molecule is CC1(C)OB(C(F)=Cc2cn[nH]c2-c2ccoc2)OC1(C)C. The molecule has 3 rings (SSSR count). The Balaban J connectivity index is 1.87. The van der Waals surface area contributed by atoms with Crippen molar-refractivity contribution in [1.29, 1.82) is 0 Å². The number of nitrogens with zero attached hydrogens (tertiary/aromatic N) is 1. The normalized spacial score (nSPS) is 20.6. The van der Waals surface area contributed by atoms with E-state index in [-0.39, 0.29) is 0 Å². The van der Waals surface area contributed by atoms with Crippen LogP contribution in [0.3, 0.4) is 0 Å². The molecule has 0 saturated carbocycles. The summed E-state index contributed by atoms with van der Waals surface area (Å²) >= 11 is 0. The van der Waals surface area contributed by atoms with E-state index in [1.807, 2.05) is 27.7 Å². The maximum absolute atomic E-state index is 14.5. The lowest BCUT2D eigenvalue weighted by Crippen LogP contribution is -2.41. The van der Waals surface area contributed by atoms with Crippen LogP contribution in [-0.4, -0.2) is 28.5 Å². The quantitative estimate of drug-likeness (QED) is 0.880. The highest BCUT2D eigenvalue weighted by molar-refractivity contribution is 6.54.